The van der Waals surface area contributed by atoms with Crippen molar-refractivity contribution in [3.8, 4) is 5.88 Å². The molecule has 1 aromatic rings. The summed E-state index contributed by atoms with van der Waals surface area (Å²) >= 11 is 0. The van der Waals surface area contributed by atoms with Crippen molar-refractivity contribution in [2.24, 2.45) is 0 Å². The molecule has 0 aromatic carbocycles. The minimum atomic E-state index is -0.467. The van der Waals surface area contributed by atoms with Crippen LogP contribution in [0.1, 0.15) is 32.1 Å². The van der Waals surface area contributed by atoms with E-state index in [0.717, 1.165) is 19.4 Å². The molecule has 2 rings (SSSR count). The Morgan fingerprint density at radius 3 is 3.16 bits per heavy atom. The van der Waals surface area contributed by atoms with Crippen LogP contribution in [0.25, 0.3) is 0 Å². The second-order valence-electron chi connectivity index (χ2n) is 4.72. The van der Waals surface area contributed by atoms with Crippen LogP contribution in [0.3, 0.4) is 0 Å². The van der Waals surface area contributed by atoms with Gasteiger partial charge >= 0.3 is 5.69 Å². The molecule has 6 heteroatoms. The highest BCUT2D eigenvalue weighted by Gasteiger charge is 2.16. The molecule has 1 unspecified atom stereocenters. The zero-order chi connectivity index (χ0) is 13.5. The number of nitrogens with zero attached hydrogens (tertiary/aromatic N) is 2. The first-order valence-corrected chi connectivity index (χ1v) is 6.73. The Hall–Kier alpha value is -1.69. The molecule has 6 nitrogen and oxygen atoms in total. The lowest BCUT2D eigenvalue weighted by Gasteiger charge is -2.23. The lowest BCUT2D eigenvalue weighted by molar-refractivity contribution is -0.386. The fourth-order valence-electron chi connectivity index (χ4n) is 2.30. The van der Waals surface area contributed by atoms with E-state index >= 15 is 0 Å². The van der Waals surface area contributed by atoms with E-state index in [1.54, 1.807) is 0 Å². The van der Waals surface area contributed by atoms with Crippen LogP contribution in [-0.2, 0) is 0 Å². The van der Waals surface area contributed by atoms with E-state index in [0.29, 0.717) is 12.6 Å². The third-order valence-electron chi connectivity index (χ3n) is 3.30. The number of ether oxygens (including phenoxy) is 1. The van der Waals surface area contributed by atoms with E-state index in [4.69, 9.17) is 4.74 Å². The van der Waals surface area contributed by atoms with Crippen molar-refractivity contribution in [3.05, 3.63) is 28.4 Å². The van der Waals surface area contributed by atoms with Crippen LogP contribution in [-0.4, -0.2) is 29.1 Å². The summed E-state index contributed by atoms with van der Waals surface area (Å²) in [5.74, 6) is 0.115. The Morgan fingerprint density at radius 1 is 1.53 bits per heavy atom. The second kappa shape index (κ2) is 7.04. The second-order valence-corrected chi connectivity index (χ2v) is 4.72. The molecule has 0 bridgehead atoms. The first-order valence-electron chi connectivity index (χ1n) is 6.73. The summed E-state index contributed by atoms with van der Waals surface area (Å²) in [6, 6.07) is 3.51. The normalized spacial score (nSPS) is 19.1. The summed E-state index contributed by atoms with van der Waals surface area (Å²) < 4.78 is 5.41. The van der Waals surface area contributed by atoms with Crippen molar-refractivity contribution in [2.45, 2.75) is 38.1 Å². The number of pyridine rings is 1. The molecule has 1 saturated heterocycles. The maximum absolute atomic E-state index is 10.8. The molecule has 1 aromatic heterocycles. The van der Waals surface area contributed by atoms with Crippen molar-refractivity contribution in [1.29, 1.82) is 0 Å². The molecule has 0 aliphatic carbocycles. The van der Waals surface area contributed by atoms with Gasteiger partial charge in [0, 0.05) is 18.3 Å². The smallest absolute Gasteiger partial charge is 0.330 e. The van der Waals surface area contributed by atoms with Crippen LogP contribution in [0.4, 0.5) is 5.69 Å². The minimum absolute atomic E-state index is 0.0710. The Morgan fingerprint density at radius 2 is 2.42 bits per heavy atom. The number of piperidine rings is 1. The molecule has 0 radical (unpaired) electrons. The van der Waals surface area contributed by atoms with Gasteiger partial charge < -0.3 is 10.1 Å². The Balaban J connectivity index is 1.74. The van der Waals surface area contributed by atoms with E-state index in [-0.39, 0.29) is 11.6 Å². The summed E-state index contributed by atoms with van der Waals surface area (Å²) in [5, 5.41) is 14.2. The van der Waals surface area contributed by atoms with Crippen molar-refractivity contribution in [2.75, 3.05) is 13.2 Å². The maximum atomic E-state index is 10.8. The summed E-state index contributed by atoms with van der Waals surface area (Å²) in [7, 11) is 0. The van der Waals surface area contributed by atoms with E-state index in [1.807, 2.05) is 0 Å². The number of hydrogen-bond acceptors (Lipinski definition) is 5. The van der Waals surface area contributed by atoms with Crippen molar-refractivity contribution < 1.29 is 9.66 Å². The molecule has 1 aliphatic heterocycles. The van der Waals surface area contributed by atoms with Crippen LogP contribution in [0.2, 0.25) is 0 Å². The molecule has 0 amide bonds. The first kappa shape index (κ1) is 13.7. The zero-order valence-corrected chi connectivity index (χ0v) is 10.9. The Labute approximate surface area is 112 Å². The predicted molar refractivity (Wildman–Crippen MR) is 71.3 cm³/mol. The largest absolute Gasteiger partial charge is 0.473 e. The van der Waals surface area contributed by atoms with Gasteiger partial charge in [0.2, 0.25) is 0 Å². The van der Waals surface area contributed by atoms with Gasteiger partial charge in [0.1, 0.15) is 0 Å². The van der Waals surface area contributed by atoms with Gasteiger partial charge in [-0.15, -0.1) is 0 Å². The number of nitro groups is 1. The molecule has 1 atom stereocenters. The van der Waals surface area contributed by atoms with Gasteiger partial charge in [-0.05, 0) is 38.3 Å². The molecule has 0 saturated carbocycles. The molecular formula is C13H19N3O3. The van der Waals surface area contributed by atoms with Gasteiger partial charge in [-0.25, -0.2) is 4.98 Å². The van der Waals surface area contributed by atoms with Crippen LogP contribution in [0.5, 0.6) is 5.88 Å². The standard InChI is InChI=1S/C13H19N3O3/c17-16(18)12-7-3-9-15-13(12)19-10-4-6-11-5-1-2-8-14-11/h3,7,9,11,14H,1-2,4-6,8,10H2. The lowest BCUT2D eigenvalue weighted by atomic mass is 10.0. The van der Waals surface area contributed by atoms with Gasteiger partial charge in [-0.3, -0.25) is 10.1 Å². The molecule has 19 heavy (non-hydrogen) atoms. The summed E-state index contributed by atoms with van der Waals surface area (Å²) in [4.78, 5) is 14.2. The number of hydrogen-bond donors (Lipinski definition) is 1. The topological polar surface area (TPSA) is 77.3 Å². The van der Waals surface area contributed by atoms with Crippen LogP contribution < -0.4 is 10.1 Å². The van der Waals surface area contributed by atoms with Crippen LogP contribution in [0.15, 0.2) is 18.3 Å². The molecule has 0 spiro atoms. The molecule has 2 heterocycles. The van der Waals surface area contributed by atoms with E-state index in [2.05, 4.69) is 10.3 Å². The first-order chi connectivity index (χ1) is 9.27. The Bertz CT molecular complexity index is 419. The highest BCUT2D eigenvalue weighted by molar-refractivity contribution is 5.39. The number of aromatic nitrogens is 1. The van der Waals surface area contributed by atoms with Crippen molar-refractivity contribution >= 4 is 5.69 Å². The highest BCUT2D eigenvalue weighted by atomic mass is 16.6. The monoisotopic (exact) mass is 265 g/mol. The van der Waals surface area contributed by atoms with Crippen LogP contribution >= 0.6 is 0 Å². The summed E-state index contributed by atoms with van der Waals surface area (Å²) in [6.07, 6.45) is 7.18. The summed E-state index contributed by atoms with van der Waals surface area (Å²) in [6.45, 7) is 1.56. The molecule has 1 aliphatic rings. The van der Waals surface area contributed by atoms with Crippen molar-refractivity contribution in [1.82, 2.24) is 10.3 Å². The molecule has 104 valence electrons. The highest BCUT2D eigenvalue weighted by Crippen LogP contribution is 2.23. The van der Waals surface area contributed by atoms with E-state index in [9.17, 15) is 10.1 Å². The van der Waals surface area contributed by atoms with Gasteiger partial charge in [0.25, 0.3) is 5.88 Å². The third kappa shape index (κ3) is 4.17. The van der Waals surface area contributed by atoms with E-state index in [1.165, 1.54) is 37.6 Å². The van der Waals surface area contributed by atoms with Gasteiger partial charge in [0.05, 0.1) is 11.5 Å². The third-order valence-corrected chi connectivity index (χ3v) is 3.30. The number of nitrogens with one attached hydrogen (secondary N) is 1. The van der Waals surface area contributed by atoms with Crippen molar-refractivity contribution in [3.63, 3.8) is 0 Å². The van der Waals surface area contributed by atoms with Gasteiger partial charge in [0.15, 0.2) is 0 Å². The lowest BCUT2D eigenvalue weighted by Crippen LogP contribution is -2.34. The molecule has 1 fully saturated rings. The minimum Gasteiger partial charge on any atom is -0.473 e. The number of rotatable bonds is 6. The van der Waals surface area contributed by atoms with E-state index < -0.39 is 4.92 Å². The SMILES string of the molecule is O=[N+]([O-])c1cccnc1OCCCC1CCCCN1. The molecule has 1 N–H and O–H groups in total. The van der Waals surface area contributed by atoms with Crippen LogP contribution in [0, 0.1) is 10.1 Å². The quantitative estimate of drug-likeness (QED) is 0.485. The summed E-state index contributed by atoms with van der Waals surface area (Å²) in [5.41, 5.74) is -0.0710. The maximum Gasteiger partial charge on any atom is 0.330 e. The van der Waals surface area contributed by atoms with Gasteiger partial charge in [-0.2, -0.15) is 0 Å². The zero-order valence-electron chi connectivity index (χ0n) is 10.9. The average Bonchev–Trinajstić information content (AvgIpc) is 2.45. The average molecular weight is 265 g/mol. The van der Waals surface area contributed by atoms with Gasteiger partial charge in [-0.1, -0.05) is 6.42 Å². The Kier molecular flexibility index (Phi) is 5.09. The molecular weight excluding hydrogens is 246 g/mol. The fourth-order valence-corrected chi connectivity index (χ4v) is 2.30. The fraction of sp³-hybridized carbons (Fsp3) is 0.615. The predicted octanol–water partition coefficient (Wildman–Crippen LogP) is 2.29.